The Hall–Kier alpha value is -3.17. The molecule has 3 aromatic carbocycles. The van der Waals surface area contributed by atoms with Gasteiger partial charge < -0.3 is 14.8 Å². The minimum Gasteiger partial charge on any atom is -0.494 e. The van der Waals surface area contributed by atoms with Crippen molar-refractivity contribution < 1.29 is 22.7 Å². The number of amides is 1. The molecule has 0 saturated heterocycles. The molecule has 174 valence electrons. The lowest BCUT2D eigenvalue weighted by Gasteiger charge is -2.13. The van der Waals surface area contributed by atoms with Gasteiger partial charge in [0.25, 0.3) is 15.9 Å². The van der Waals surface area contributed by atoms with Crippen molar-refractivity contribution in [3.8, 4) is 11.5 Å². The van der Waals surface area contributed by atoms with Crippen molar-refractivity contribution in [2.45, 2.75) is 23.6 Å². The first kappa shape index (κ1) is 24.5. The number of anilines is 2. The van der Waals surface area contributed by atoms with Crippen LogP contribution in [0.3, 0.4) is 0 Å². The second-order valence-electron chi connectivity index (χ2n) is 7.06. The van der Waals surface area contributed by atoms with Gasteiger partial charge in [-0.25, -0.2) is 8.42 Å². The third-order valence-electron chi connectivity index (χ3n) is 4.59. The SMILES string of the molecule is CCOc1ccc(NS(=O)(=O)c2ccc(OCC(=O)Nc3cccc(SC)c3)c(C)c2)cc1. The summed E-state index contributed by atoms with van der Waals surface area (Å²) >= 11 is 1.59. The fourth-order valence-electron chi connectivity index (χ4n) is 2.99. The van der Waals surface area contributed by atoms with E-state index in [0.717, 1.165) is 4.90 Å². The summed E-state index contributed by atoms with van der Waals surface area (Å²) < 4.78 is 39.0. The van der Waals surface area contributed by atoms with E-state index in [1.165, 1.54) is 12.1 Å². The van der Waals surface area contributed by atoms with E-state index in [-0.39, 0.29) is 17.4 Å². The molecule has 0 aliphatic carbocycles. The van der Waals surface area contributed by atoms with Crippen molar-refractivity contribution in [1.29, 1.82) is 0 Å². The Morgan fingerprint density at radius 3 is 2.39 bits per heavy atom. The van der Waals surface area contributed by atoms with Crippen LogP contribution >= 0.6 is 11.8 Å². The van der Waals surface area contributed by atoms with Gasteiger partial charge in [0.05, 0.1) is 11.5 Å². The molecule has 0 heterocycles. The van der Waals surface area contributed by atoms with Crippen LogP contribution in [0, 0.1) is 6.92 Å². The second kappa shape index (κ2) is 11.1. The maximum atomic E-state index is 12.7. The van der Waals surface area contributed by atoms with Crippen LogP contribution < -0.4 is 19.5 Å². The summed E-state index contributed by atoms with van der Waals surface area (Å²) in [7, 11) is -3.78. The number of benzene rings is 3. The third kappa shape index (κ3) is 6.90. The minimum atomic E-state index is -3.78. The van der Waals surface area contributed by atoms with E-state index in [4.69, 9.17) is 9.47 Å². The lowest BCUT2D eigenvalue weighted by molar-refractivity contribution is -0.118. The highest BCUT2D eigenvalue weighted by Crippen LogP contribution is 2.25. The largest absolute Gasteiger partial charge is 0.494 e. The monoisotopic (exact) mass is 486 g/mol. The van der Waals surface area contributed by atoms with Gasteiger partial charge in [-0.1, -0.05) is 6.07 Å². The average Bonchev–Trinajstić information content (AvgIpc) is 2.79. The van der Waals surface area contributed by atoms with Crippen LogP contribution in [0.2, 0.25) is 0 Å². The number of ether oxygens (including phenoxy) is 2. The van der Waals surface area contributed by atoms with E-state index in [9.17, 15) is 13.2 Å². The maximum absolute atomic E-state index is 12.7. The average molecular weight is 487 g/mol. The molecule has 2 N–H and O–H groups in total. The van der Waals surface area contributed by atoms with Crippen molar-refractivity contribution in [3.05, 3.63) is 72.3 Å². The Morgan fingerprint density at radius 1 is 0.970 bits per heavy atom. The summed E-state index contributed by atoms with van der Waals surface area (Å²) in [4.78, 5) is 13.4. The van der Waals surface area contributed by atoms with E-state index in [1.54, 1.807) is 55.1 Å². The summed E-state index contributed by atoms with van der Waals surface area (Å²) in [5, 5.41) is 2.79. The van der Waals surface area contributed by atoms with Gasteiger partial charge in [0.1, 0.15) is 11.5 Å². The summed E-state index contributed by atoms with van der Waals surface area (Å²) in [5.41, 5.74) is 1.72. The topological polar surface area (TPSA) is 93.7 Å². The molecule has 3 rings (SSSR count). The standard InChI is InChI=1S/C24H26N2O5S2/c1-4-30-20-10-8-18(9-11-20)26-33(28,29)22-12-13-23(17(2)14-22)31-16-24(27)25-19-6-5-7-21(15-19)32-3/h5-15,26H,4,16H2,1-3H3,(H,25,27). The van der Waals surface area contributed by atoms with Gasteiger partial charge in [0.15, 0.2) is 6.61 Å². The number of hydrogen-bond donors (Lipinski definition) is 2. The summed E-state index contributed by atoms with van der Waals surface area (Å²) in [5.74, 6) is 0.795. The highest BCUT2D eigenvalue weighted by atomic mass is 32.2. The molecule has 7 nitrogen and oxygen atoms in total. The Kier molecular flexibility index (Phi) is 8.24. The lowest BCUT2D eigenvalue weighted by Crippen LogP contribution is -2.20. The number of nitrogens with one attached hydrogen (secondary N) is 2. The van der Waals surface area contributed by atoms with Crippen LogP contribution in [-0.2, 0) is 14.8 Å². The molecule has 0 spiro atoms. The van der Waals surface area contributed by atoms with Crippen LogP contribution in [0.25, 0.3) is 0 Å². The Morgan fingerprint density at radius 2 is 1.73 bits per heavy atom. The molecule has 33 heavy (non-hydrogen) atoms. The highest BCUT2D eigenvalue weighted by Gasteiger charge is 2.16. The first-order chi connectivity index (χ1) is 15.8. The van der Waals surface area contributed by atoms with Crippen molar-refractivity contribution >= 4 is 39.1 Å². The predicted molar refractivity (Wildman–Crippen MR) is 132 cm³/mol. The molecule has 0 unspecified atom stereocenters. The number of carbonyl (C=O) groups excluding carboxylic acids is 1. The predicted octanol–water partition coefficient (Wildman–Crippen LogP) is 4.93. The van der Waals surface area contributed by atoms with Crippen molar-refractivity contribution in [1.82, 2.24) is 0 Å². The first-order valence-electron chi connectivity index (χ1n) is 10.2. The first-order valence-corrected chi connectivity index (χ1v) is 12.9. The van der Waals surface area contributed by atoms with Gasteiger partial charge in [0, 0.05) is 16.3 Å². The van der Waals surface area contributed by atoms with Gasteiger partial charge >= 0.3 is 0 Å². The molecule has 0 aliphatic heterocycles. The van der Waals surface area contributed by atoms with Gasteiger partial charge in [0.2, 0.25) is 0 Å². The number of thioether (sulfide) groups is 1. The summed E-state index contributed by atoms with van der Waals surface area (Å²) in [6.07, 6.45) is 1.96. The van der Waals surface area contributed by atoms with E-state index >= 15 is 0 Å². The number of carbonyl (C=O) groups is 1. The van der Waals surface area contributed by atoms with E-state index in [2.05, 4.69) is 10.0 Å². The van der Waals surface area contributed by atoms with Crippen molar-refractivity contribution in [3.63, 3.8) is 0 Å². The molecular weight excluding hydrogens is 460 g/mol. The van der Waals surface area contributed by atoms with Crippen LogP contribution in [-0.4, -0.2) is 33.8 Å². The van der Waals surface area contributed by atoms with Crippen LogP contribution in [0.1, 0.15) is 12.5 Å². The molecule has 0 atom stereocenters. The molecule has 0 bridgehead atoms. The van der Waals surface area contributed by atoms with Gasteiger partial charge in [-0.05, 0) is 86.3 Å². The normalized spacial score (nSPS) is 11.0. The molecule has 0 saturated carbocycles. The lowest BCUT2D eigenvalue weighted by atomic mass is 10.2. The Labute approximate surface area is 198 Å². The maximum Gasteiger partial charge on any atom is 0.262 e. The second-order valence-corrected chi connectivity index (χ2v) is 9.62. The van der Waals surface area contributed by atoms with Gasteiger partial charge in [-0.2, -0.15) is 0 Å². The molecule has 0 aromatic heterocycles. The van der Waals surface area contributed by atoms with Crippen LogP contribution in [0.4, 0.5) is 11.4 Å². The molecule has 9 heteroatoms. The van der Waals surface area contributed by atoms with Crippen LogP contribution in [0.15, 0.2) is 76.5 Å². The molecule has 0 radical (unpaired) electrons. The molecule has 1 amide bonds. The van der Waals surface area contributed by atoms with Gasteiger partial charge in [-0.3, -0.25) is 9.52 Å². The molecular formula is C24H26N2O5S2. The smallest absolute Gasteiger partial charge is 0.262 e. The molecule has 0 fully saturated rings. The number of rotatable bonds is 10. The minimum absolute atomic E-state index is 0.0968. The number of hydrogen-bond acceptors (Lipinski definition) is 6. The summed E-state index contributed by atoms with van der Waals surface area (Å²) in [6.45, 7) is 3.95. The molecule has 0 aliphatic rings. The summed E-state index contributed by atoms with van der Waals surface area (Å²) in [6, 6.07) is 18.7. The number of aryl methyl sites for hydroxylation is 1. The zero-order chi connectivity index (χ0) is 23.8. The van der Waals surface area contributed by atoms with Gasteiger partial charge in [-0.15, -0.1) is 11.8 Å². The Balaban J connectivity index is 1.61. The Bertz CT molecular complexity index is 1210. The van der Waals surface area contributed by atoms with E-state index in [0.29, 0.717) is 35.0 Å². The fraction of sp³-hybridized carbons (Fsp3) is 0.208. The fourth-order valence-corrected chi connectivity index (χ4v) is 4.59. The van der Waals surface area contributed by atoms with Crippen molar-refractivity contribution in [2.24, 2.45) is 0 Å². The van der Waals surface area contributed by atoms with Crippen LogP contribution in [0.5, 0.6) is 11.5 Å². The quantitative estimate of drug-likeness (QED) is 0.395. The van der Waals surface area contributed by atoms with E-state index < -0.39 is 10.0 Å². The van der Waals surface area contributed by atoms with Crippen molar-refractivity contribution in [2.75, 3.05) is 29.5 Å². The third-order valence-corrected chi connectivity index (χ3v) is 6.69. The molecule has 3 aromatic rings. The number of sulfonamides is 1. The highest BCUT2D eigenvalue weighted by molar-refractivity contribution is 7.98. The zero-order valence-electron chi connectivity index (χ0n) is 18.6. The zero-order valence-corrected chi connectivity index (χ0v) is 20.3. The van der Waals surface area contributed by atoms with E-state index in [1.807, 2.05) is 31.4 Å².